The highest BCUT2D eigenvalue weighted by atomic mass is 35.5. The highest BCUT2D eigenvalue weighted by Crippen LogP contribution is 2.25. The van der Waals surface area contributed by atoms with Crippen molar-refractivity contribution in [2.75, 3.05) is 13.7 Å². The molecule has 1 atom stereocenters. The van der Waals surface area contributed by atoms with Crippen LogP contribution in [0.15, 0.2) is 47.3 Å². The van der Waals surface area contributed by atoms with Crippen LogP contribution in [0.2, 0.25) is 5.02 Å². The van der Waals surface area contributed by atoms with E-state index in [1.165, 1.54) is 0 Å². The SMILES string of the molecule is CCCCCCN(C(=O)c1cccc(OC)c1)C(C)c1nc2cc(Cl)ccc2c(=O)n1CC. The predicted octanol–water partition coefficient (Wildman–Crippen LogP) is 5.86. The van der Waals surface area contributed by atoms with Crippen LogP contribution in [0.3, 0.4) is 0 Å². The van der Waals surface area contributed by atoms with Gasteiger partial charge < -0.3 is 9.64 Å². The van der Waals surface area contributed by atoms with Gasteiger partial charge in [-0.05, 0) is 56.7 Å². The van der Waals surface area contributed by atoms with Crippen LogP contribution < -0.4 is 10.3 Å². The van der Waals surface area contributed by atoms with E-state index in [0.717, 1.165) is 25.7 Å². The Bertz CT molecular complexity index is 1180. The zero-order valence-electron chi connectivity index (χ0n) is 19.8. The third-order valence-corrected chi connectivity index (χ3v) is 6.17. The molecule has 0 aliphatic rings. The Hall–Kier alpha value is -2.86. The second-order valence-corrected chi connectivity index (χ2v) is 8.58. The molecule has 1 heterocycles. The minimum absolute atomic E-state index is 0.110. The maximum Gasteiger partial charge on any atom is 0.261 e. The van der Waals surface area contributed by atoms with E-state index in [0.29, 0.717) is 46.2 Å². The monoisotopic (exact) mass is 469 g/mol. The van der Waals surface area contributed by atoms with Gasteiger partial charge in [0.15, 0.2) is 0 Å². The summed E-state index contributed by atoms with van der Waals surface area (Å²) in [6, 6.07) is 11.9. The quantitative estimate of drug-likeness (QED) is 0.349. The van der Waals surface area contributed by atoms with Gasteiger partial charge in [-0.2, -0.15) is 0 Å². The molecule has 0 fully saturated rings. The third kappa shape index (κ3) is 5.56. The maximum absolute atomic E-state index is 13.6. The number of nitrogens with zero attached hydrogens (tertiary/aromatic N) is 3. The van der Waals surface area contributed by atoms with Gasteiger partial charge in [-0.1, -0.05) is 43.9 Å². The number of aromatic nitrogens is 2. The Balaban J connectivity index is 2.06. The fourth-order valence-electron chi connectivity index (χ4n) is 4.08. The number of hydrogen-bond acceptors (Lipinski definition) is 4. The standard InChI is InChI=1S/C26H32ClN3O3/c1-5-7-8-9-15-30(25(31)19-11-10-12-21(16-19)33-4)18(3)24-28-23-17-20(27)13-14-22(23)26(32)29(24)6-2/h10-14,16-18H,5-9,15H2,1-4H3. The van der Waals surface area contributed by atoms with Gasteiger partial charge in [-0.15, -0.1) is 0 Å². The number of halogens is 1. The van der Waals surface area contributed by atoms with Crippen molar-refractivity contribution in [2.24, 2.45) is 0 Å². The van der Waals surface area contributed by atoms with E-state index < -0.39 is 6.04 Å². The first-order valence-electron chi connectivity index (χ1n) is 11.6. The molecule has 0 aliphatic carbocycles. The van der Waals surface area contributed by atoms with E-state index in [4.69, 9.17) is 21.3 Å². The molecule has 0 radical (unpaired) electrons. The van der Waals surface area contributed by atoms with E-state index in [1.807, 2.05) is 30.9 Å². The summed E-state index contributed by atoms with van der Waals surface area (Å²) in [4.78, 5) is 33.4. The lowest BCUT2D eigenvalue weighted by molar-refractivity contribution is 0.0674. The van der Waals surface area contributed by atoms with Crippen molar-refractivity contribution >= 4 is 28.4 Å². The van der Waals surface area contributed by atoms with Crippen LogP contribution in [-0.4, -0.2) is 34.0 Å². The first-order valence-corrected chi connectivity index (χ1v) is 11.9. The molecule has 1 unspecified atom stereocenters. The first kappa shape index (κ1) is 24.8. The normalized spacial score (nSPS) is 12.0. The molecule has 6 nitrogen and oxygen atoms in total. The van der Waals surface area contributed by atoms with Crippen molar-refractivity contribution in [3.8, 4) is 5.75 Å². The number of carbonyl (C=O) groups is 1. The summed E-state index contributed by atoms with van der Waals surface area (Å²) in [5, 5.41) is 1.04. The Labute approximate surface area is 200 Å². The molecule has 7 heteroatoms. The molecule has 0 aliphatic heterocycles. The summed E-state index contributed by atoms with van der Waals surface area (Å²) < 4.78 is 6.97. The molecule has 0 saturated heterocycles. The smallest absolute Gasteiger partial charge is 0.261 e. The number of methoxy groups -OCH3 is 1. The summed E-state index contributed by atoms with van der Waals surface area (Å²) >= 11 is 6.17. The minimum atomic E-state index is -0.402. The Morgan fingerprint density at radius 1 is 1.15 bits per heavy atom. The summed E-state index contributed by atoms with van der Waals surface area (Å²) in [5.41, 5.74) is 0.963. The number of amides is 1. The van der Waals surface area contributed by atoms with Crippen molar-refractivity contribution in [2.45, 2.75) is 59.0 Å². The van der Waals surface area contributed by atoms with E-state index >= 15 is 0 Å². The van der Waals surface area contributed by atoms with Gasteiger partial charge in [0, 0.05) is 23.7 Å². The van der Waals surface area contributed by atoms with Crippen LogP contribution in [0.1, 0.15) is 68.7 Å². The summed E-state index contributed by atoms with van der Waals surface area (Å²) in [7, 11) is 1.58. The summed E-state index contributed by atoms with van der Waals surface area (Å²) in [5.74, 6) is 1.08. The molecule has 0 N–H and O–H groups in total. The van der Waals surface area contributed by atoms with Crippen molar-refractivity contribution in [1.82, 2.24) is 14.5 Å². The second kappa shape index (κ2) is 11.3. The van der Waals surface area contributed by atoms with Crippen molar-refractivity contribution in [1.29, 1.82) is 0 Å². The average molecular weight is 470 g/mol. The molecule has 1 aromatic heterocycles. The van der Waals surface area contributed by atoms with Crippen LogP contribution in [-0.2, 0) is 6.54 Å². The molecule has 0 bridgehead atoms. The number of benzene rings is 2. The van der Waals surface area contributed by atoms with Crippen LogP contribution in [0.4, 0.5) is 0 Å². The van der Waals surface area contributed by atoms with Crippen molar-refractivity contribution in [3.63, 3.8) is 0 Å². The highest BCUT2D eigenvalue weighted by molar-refractivity contribution is 6.31. The van der Waals surface area contributed by atoms with E-state index in [9.17, 15) is 9.59 Å². The van der Waals surface area contributed by atoms with Crippen molar-refractivity contribution < 1.29 is 9.53 Å². The minimum Gasteiger partial charge on any atom is -0.497 e. The fourth-order valence-corrected chi connectivity index (χ4v) is 4.24. The fraction of sp³-hybridized carbons (Fsp3) is 0.423. The number of rotatable bonds is 10. The Morgan fingerprint density at radius 3 is 2.64 bits per heavy atom. The molecule has 2 aromatic carbocycles. The molecule has 176 valence electrons. The maximum atomic E-state index is 13.6. The van der Waals surface area contributed by atoms with Gasteiger partial charge >= 0.3 is 0 Å². The van der Waals surface area contributed by atoms with Gasteiger partial charge in [0.05, 0.1) is 24.1 Å². The van der Waals surface area contributed by atoms with Gasteiger partial charge in [0.1, 0.15) is 11.6 Å². The van der Waals surface area contributed by atoms with Crippen LogP contribution in [0.25, 0.3) is 10.9 Å². The van der Waals surface area contributed by atoms with Gasteiger partial charge in [-0.25, -0.2) is 4.98 Å². The van der Waals surface area contributed by atoms with Crippen LogP contribution in [0, 0.1) is 0 Å². The number of unbranched alkanes of at least 4 members (excludes halogenated alkanes) is 3. The topological polar surface area (TPSA) is 64.4 Å². The number of ether oxygens (including phenoxy) is 1. The zero-order chi connectivity index (χ0) is 24.0. The van der Waals surface area contributed by atoms with E-state index in [2.05, 4.69) is 6.92 Å². The highest BCUT2D eigenvalue weighted by Gasteiger charge is 2.27. The number of hydrogen-bond donors (Lipinski definition) is 0. The Morgan fingerprint density at radius 2 is 1.94 bits per heavy atom. The number of carbonyl (C=O) groups excluding carboxylic acids is 1. The molecular formula is C26H32ClN3O3. The lowest BCUT2D eigenvalue weighted by Gasteiger charge is -2.30. The molecule has 3 aromatic rings. The van der Waals surface area contributed by atoms with Crippen LogP contribution >= 0.6 is 11.6 Å². The molecule has 0 saturated carbocycles. The largest absolute Gasteiger partial charge is 0.497 e. The molecular weight excluding hydrogens is 438 g/mol. The Kier molecular flexibility index (Phi) is 8.50. The third-order valence-electron chi connectivity index (χ3n) is 5.93. The lowest BCUT2D eigenvalue weighted by atomic mass is 10.1. The second-order valence-electron chi connectivity index (χ2n) is 8.15. The summed E-state index contributed by atoms with van der Waals surface area (Å²) in [6.45, 7) is 7.04. The molecule has 0 spiro atoms. The van der Waals surface area contributed by atoms with Gasteiger partial charge in [0.25, 0.3) is 11.5 Å². The van der Waals surface area contributed by atoms with Crippen molar-refractivity contribution in [3.05, 3.63) is 69.2 Å². The zero-order valence-corrected chi connectivity index (χ0v) is 20.6. The van der Waals surface area contributed by atoms with E-state index in [-0.39, 0.29) is 11.5 Å². The van der Waals surface area contributed by atoms with Crippen LogP contribution in [0.5, 0.6) is 5.75 Å². The summed E-state index contributed by atoms with van der Waals surface area (Å²) in [6.07, 6.45) is 4.14. The molecule has 1 amide bonds. The average Bonchev–Trinajstić information content (AvgIpc) is 2.83. The first-order chi connectivity index (χ1) is 15.9. The van der Waals surface area contributed by atoms with Gasteiger partial charge in [-0.3, -0.25) is 14.2 Å². The lowest BCUT2D eigenvalue weighted by Crippen LogP contribution is -2.38. The van der Waals surface area contributed by atoms with E-state index in [1.54, 1.807) is 42.0 Å². The predicted molar refractivity (Wildman–Crippen MR) is 133 cm³/mol. The van der Waals surface area contributed by atoms with Gasteiger partial charge in [0.2, 0.25) is 0 Å². The number of fused-ring (bicyclic) bond motifs is 1. The molecule has 33 heavy (non-hydrogen) atoms. The molecule has 3 rings (SSSR count).